The molecule has 1 aliphatic heterocycles. The first-order chi connectivity index (χ1) is 20.5. The summed E-state index contributed by atoms with van der Waals surface area (Å²) in [5.74, 6) is -0.900. The van der Waals surface area contributed by atoms with Crippen LogP contribution in [0, 0.1) is 17.8 Å². The number of thioether (sulfide) groups is 1. The molecule has 2 N–H and O–H groups in total. The van der Waals surface area contributed by atoms with Gasteiger partial charge in [0.15, 0.2) is 11.8 Å². The van der Waals surface area contributed by atoms with Crippen LogP contribution in [0.1, 0.15) is 79.3 Å². The summed E-state index contributed by atoms with van der Waals surface area (Å²) in [6, 6.07) is -1.11. The van der Waals surface area contributed by atoms with Crippen LogP contribution in [0.25, 0.3) is 0 Å². The standard InChI is InChI=1S/C28H37F3N4O6S3/c1-14(2)20(35(5)24(37)7-17-10-42-11-17)9-21(41-16(4)36)26-33-19(12-44-26)25(38)32-18(6-15(3)27(39)40)8-23-34-22(13-43-23)28(29,30)31/h12-15,17-18,20-21H,6-11H2,1-5H3,(H,32,38)(H,39,40)/t15-,18+,20+,21+/m0/s1. The number of aromatic nitrogens is 2. The SMILES string of the molecule is CC(=O)O[C@H](C[C@H](C(C)C)N(C)C(=O)CC1CSC1)c1nc(C(=O)N[C@@H](Cc2nc(C(F)(F)F)cs2)C[C@H](C)C(=O)O)cs1. The van der Waals surface area contributed by atoms with Gasteiger partial charge >= 0.3 is 18.1 Å². The van der Waals surface area contributed by atoms with E-state index in [-0.39, 0.29) is 47.8 Å². The summed E-state index contributed by atoms with van der Waals surface area (Å²) in [5.41, 5.74) is -1.07. The first-order valence-electron chi connectivity index (χ1n) is 14.1. The Hall–Kier alpha value is -2.72. The number of carbonyl (C=O) groups excluding carboxylic acids is 3. The van der Waals surface area contributed by atoms with Crippen molar-refractivity contribution in [1.29, 1.82) is 0 Å². The Kier molecular flexibility index (Phi) is 12.6. The van der Waals surface area contributed by atoms with Gasteiger partial charge in [0.2, 0.25) is 5.91 Å². The molecule has 2 aromatic rings. The fraction of sp³-hybridized carbons (Fsp3) is 0.643. The highest BCUT2D eigenvalue weighted by Gasteiger charge is 2.35. The second-order valence-corrected chi connectivity index (χ2v) is 14.2. The fourth-order valence-electron chi connectivity index (χ4n) is 4.74. The molecule has 0 aromatic carbocycles. The van der Waals surface area contributed by atoms with Crippen molar-refractivity contribution in [2.75, 3.05) is 18.6 Å². The van der Waals surface area contributed by atoms with Crippen LogP contribution in [0.5, 0.6) is 0 Å². The van der Waals surface area contributed by atoms with Crippen molar-refractivity contribution in [3.8, 4) is 0 Å². The number of carboxylic acids is 1. The minimum absolute atomic E-state index is 0.0130. The summed E-state index contributed by atoms with van der Waals surface area (Å²) in [4.78, 5) is 59.4. The number of carbonyl (C=O) groups is 4. The molecule has 1 fully saturated rings. The third-order valence-corrected chi connectivity index (χ3v) is 10.5. The largest absolute Gasteiger partial charge is 0.481 e. The maximum Gasteiger partial charge on any atom is 0.434 e. The Balaban J connectivity index is 1.77. The quantitative estimate of drug-likeness (QED) is 0.240. The fourth-order valence-corrected chi connectivity index (χ4v) is 7.27. The summed E-state index contributed by atoms with van der Waals surface area (Å²) >= 11 is 3.68. The van der Waals surface area contributed by atoms with E-state index in [1.165, 1.54) is 19.2 Å². The maximum atomic E-state index is 13.2. The Morgan fingerprint density at radius 3 is 2.32 bits per heavy atom. The zero-order valence-electron chi connectivity index (χ0n) is 25.1. The van der Waals surface area contributed by atoms with Crippen LogP contribution in [0.4, 0.5) is 13.2 Å². The average Bonchev–Trinajstić information content (AvgIpc) is 3.58. The van der Waals surface area contributed by atoms with Crippen molar-refractivity contribution in [2.45, 2.75) is 77.7 Å². The van der Waals surface area contributed by atoms with E-state index in [9.17, 15) is 37.5 Å². The molecule has 0 unspecified atom stereocenters. The van der Waals surface area contributed by atoms with E-state index >= 15 is 0 Å². The molecule has 0 radical (unpaired) electrons. The number of nitrogens with zero attached hydrogens (tertiary/aromatic N) is 3. The molecular formula is C28H37F3N4O6S3. The molecular weight excluding hydrogens is 642 g/mol. The van der Waals surface area contributed by atoms with Gasteiger partial charge in [0, 0.05) is 56.1 Å². The predicted octanol–water partition coefficient (Wildman–Crippen LogP) is 5.30. The van der Waals surface area contributed by atoms with E-state index in [2.05, 4.69) is 15.3 Å². The second kappa shape index (κ2) is 15.5. The van der Waals surface area contributed by atoms with Gasteiger partial charge in [0.1, 0.15) is 10.7 Å². The summed E-state index contributed by atoms with van der Waals surface area (Å²) < 4.78 is 44.7. The van der Waals surface area contributed by atoms with Crippen LogP contribution >= 0.6 is 34.4 Å². The van der Waals surface area contributed by atoms with Crippen molar-refractivity contribution in [3.63, 3.8) is 0 Å². The lowest BCUT2D eigenvalue weighted by Crippen LogP contribution is -2.43. The van der Waals surface area contributed by atoms with Gasteiger partial charge in [0.25, 0.3) is 5.91 Å². The molecule has 3 heterocycles. The molecule has 1 aliphatic rings. The van der Waals surface area contributed by atoms with Crippen LogP contribution in [0.2, 0.25) is 0 Å². The summed E-state index contributed by atoms with van der Waals surface area (Å²) in [5, 5.41) is 14.9. The second-order valence-electron chi connectivity index (χ2n) is 11.3. The number of carboxylic acid groups (broad SMARTS) is 1. The number of esters is 1. The number of thiazole rings is 2. The van der Waals surface area contributed by atoms with Gasteiger partial charge in [-0.3, -0.25) is 19.2 Å². The van der Waals surface area contributed by atoms with Crippen molar-refractivity contribution in [1.82, 2.24) is 20.2 Å². The number of hydrogen-bond donors (Lipinski definition) is 2. The number of alkyl halides is 3. The molecule has 1 saturated heterocycles. The molecule has 3 rings (SSSR count). The smallest absolute Gasteiger partial charge is 0.434 e. The number of rotatable bonds is 15. The lowest BCUT2D eigenvalue weighted by Gasteiger charge is -2.35. The average molecular weight is 679 g/mol. The van der Waals surface area contributed by atoms with Gasteiger partial charge in [0.05, 0.1) is 10.9 Å². The lowest BCUT2D eigenvalue weighted by molar-refractivity contribution is -0.148. The van der Waals surface area contributed by atoms with Crippen molar-refractivity contribution in [2.24, 2.45) is 17.8 Å². The van der Waals surface area contributed by atoms with Crippen LogP contribution in [-0.4, -0.2) is 74.4 Å². The van der Waals surface area contributed by atoms with Crippen molar-refractivity contribution < 1.29 is 42.2 Å². The molecule has 16 heteroatoms. The number of ether oxygens (including phenoxy) is 1. The normalized spacial score (nSPS) is 16.5. The van der Waals surface area contributed by atoms with Crippen LogP contribution < -0.4 is 5.32 Å². The Morgan fingerprint density at radius 2 is 1.80 bits per heavy atom. The van der Waals surface area contributed by atoms with E-state index in [0.717, 1.165) is 39.6 Å². The number of amides is 2. The zero-order valence-corrected chi connectivity index (χ0v) is 27.5. The molecule has 44 heavy (non-hydrogen) atoms. The zero-order chi connectivity index (χ0) is 32.8. The summed E-state index contributed by atoms with van der Waals surface area (Å²) in [6.45, 7) is 6.64. The number of hydrogen-bond acceptors (Lipinski definition) is 10. The molecule has 2 aromatic heterocycles. The van der Waals surface area contributed by atoms with Gasteiger partial charge in [-0.25, -0.2) is 9.97 Å². The Bertz CT molecular complexity index is 1310. The van der Waals surface area contributed by atoms with Crippen LogP contribution in [-0.2, 0) is 31.7 Å². The summed E-state index contributed by atoms with van der Waals surface area (Å²) in [6.07, 6.45) is -4.90. The van der Waals surface area contributed by atoms with Crippen molar-refractivity contribution in [3.05, 3.63) is 32.2 Å². The van der Waals surface area contributed by atoms with E-state index in [4.69, 9.17) is 4.74 Å². The molecule has 244 valence electrons. The molecule has 0 aliphatic carbocycles. The third-order valence-electron chi connectivity index (χ3n) is 7.28. The molecule has 0 bridgehead atoms. The van der Waals surface area contributed by atoms with E-state index in [0.29, 0.717) is 17.3 Å². The highest BCUT2D eigenvalue weighted by Crippen LogP contribution is 2.33. The van der Waals surface area contributed by atoms with Crippen LogP contribution in [0.15, 0.2) is 10.8 Å². The van der Waals surface area contributed by atoms with Gasteiger partial charge in [-0.2, -0.15) is 24.9 Å². The number of nitrogens with one attached hydrogen (secondary N) is 1. The van der Waals surface area contributed by atoms with Crippen molar-refractivity contribution >= 4 is 58.2 Å². The van der Waals surface area contributed by atoms with Gasteiger partial charge in [-0.05, 0) is 29.8 Å². The van der Waals surface area contributed by atoms with E-state index in [1.807, 2.05) is 13.8 Å². The van der Waals surface area contributed by atoms with E-state index in [1.54, 1.807) is 23.7 Å². The maximum absolute atomic E-state index is 13.2. The van der Waals surface area contributed by atoms with E-state index < -0.39 is 47.8 Å². The topological polar surface area (TPSA) is 139 Å². The number of halogens is 3. The highest BCUT2D eigenvalue weighted by molar-refractivity contribution is 8.00. The van der Waals surface area contributed by atoms with Gasteiger partial charge < -0.3 is 20.1 Å². The molecule has 0 saturated carbocycles. The minimum Gasteiger partial charge on any atom is -0.481 e. The molecule has 10 nitrogen and oxygen atoms in total. The first-order valence-corrected chi connectivity index (χ1v) is 17.0. The van der Waals surface area contributed by atoms with Gasteiger partial charge in [-0.1, -0.05) is 20.8 Å². The van der Waals surface area contributed by atoms with Crippen LogP contribution in [0.3, 0.4) is 0 Å². The third kappa shape index (κ3) is 10.2. The predicted molar refractivity (Wildman–Crippen MR) is 162 cm³/mol. The Labute approximate surface area is 266 Å². The highest BCUT2D eigenvalue weighted by atomic mass is 32.2. The molecule has 0 spiro atoms. The number of aliphatic carboxylic acids is 1. The monoisotopic (exact) mass is 678 g/mol. The minimum atomic E-state index is -4.62. The summed E-state index contributed by atoms with van der Waals surface area (Å²) in [7, 11) is 1.74. The first kappa shape index (κ1) is 35.8. The molecule has 2 amide bonds. The van der Waals surface area contributed by atoms with Gasteiger partial charge in [-0.15, -0.1) is 22.7 Å². The lowest BCUT2D eigenvalue weighted by atomic mass is 9.95. The Morgan fingerprint density at radius 1 is 1.11 bits per heavy atom. The molecule has 4 atom stereocenters.